The summed E-state index contributed by atoms with van der Waals surface area (Å²) in [5.74, 6) is 0.0895. The average molecular weight is 238 g/mol. The van der Waals surface area contributed by atoms with Crippen LogP contribution in [0.5, 0.6) is 11.5 Å². The number of phenolic OH excluding ortho intramolecular Hbond substituents is 1. The molecular formula is C12H18N2O3. The van der Waals surface area contributed by atoms with Gasteiger partial charge in [-0.25, -0.2) is 0 Å². The number of amides is 1. The fraction of sp³-hybridized carbons (Fsp3) is 0.417. The number of nitrogens with one attached hydrogen (secondary N) is 1. The Labute approximate surface area is 101 Å². The molecule has 17 heavy (non-hydrogen) atoms. The van der Waals surface area contributed by atoms with E-state index >= 15 is 0 Å². The summed E-state index contributed by atoms with van der Waals surface area (Å²) in [5.41, 5.74) is 6.17. The molecule has 1 unspecified atom stereocenters. The van der Waals surface area contributed by atoms with Crippen molar-refractivity contribution in [1.29, 1.82) is 0 Å². The van der Waals surface area contributed by atoms with Gasteiger partial charge in [-0.15, -0.1) is 0 Å². The fourth-order valence-electron chi connectivity index (χ4n) is 1.44. The van der Waals surface area contributed by atoms with E-state index in [4.69, 9.17) is 10.5 Å². The van der Waals surface area contributed by atoms with Crippen LogP contribution in [0.15, 0.2) is 18.2 Å². The van der Waals surface area contributed by atoms with E-state index in [1.54, 1.807) is 12.1 Å². The first-order valence-corrected chi connectivity index (χ1v) is 5.52. The maximum absolute atomic E-state index is 11.6. The number of hydrogen-bond donors (Lipinski definition) is 3. The Balaban J connectivity index is 2.69. The van der Waals surface area contributed by atoms with Gasteiger partial charge in [0.15, 0.2) is 11.5 Å². The number of aromatic hydroxyl groups is 1. The largest absolute Gasteiger partial charge is 0.504 e. The molecule has 0 saturated carbocycles. The molecule has 0 saturated heterocycles. The highest BCUT2D eigenvalue weighted by molar-refractivity contribution is 5.94. The van der Waals surface area contributed by atoms with Gasteiger partial charge in [0.05, 0.1) is 13.2 Å². The molecule has 0 aliphatic carbocycles. The number of anilines is 1. The zero-order valence-electron chi connectivity index (χ0n) is 10.1. The summed E-state index contributed by atoms with van der Waals surface area (Å²) in [6.45, 7) is 1.96. The normalized spacial score (nSPS) is 11.9. The number of methoxy groups -OCH3 is 1. The standard InChI is InChI=1S/C12H18N2O3/c1-3-4-9(13)12(16)14-8-5-6-11(17-2)10(15)7-8/h5-7,9,15H,3-4,13H2,1-2H3,(H,14,16). The van der Waals surface area contributed by atoms with Crippen LogP contribution in [0.1, 0.15) is 19.8 Å². The van der Waals surface area contributed by atoms with Gasteiger partial charge < -0.3 is 20.9 Å². The van der Waals surface area contributed by atoms with Crippen molar-refractivity contribution in [3.8, 4) is 11.5 Å². The third kappa shape index (κ3) is 3.64. The summed E-state index contributed by atoms with van der Waals surface area (Å²) in [7, 11) is 1.46. The van der Waals surface area contributed by atoms with E-state index < -0.39 is 6.04 Å². The zero-order valence-corrected chi connectivity index (χ0v) is 10.1. The van der Waals surface area contributed by atoms with Gasteiger partial charge in [0, 0.05) is 11.8 Å². The Kier molecular flexibility index (Phi) is 4.78. The van der Waals surface area contributed by atoms with E-state index in [1.807, 2.05) is 6.92 Å². The van der Waals surface area contributed by atoms with Crippen LogP contribution >= 0.6 is 0 Å². The van der Waals surface area contributed by atoms with Crippen molar-refractivity contribution in [3.63, 3.8) is 0 Å². The Hall–Kier alpha value is -1.75. The van der Waals surface area contributed by atoms with Crippen LogP contribution in [0.2, 0.25) is 0 Å². The minimum absolute atomic E-state index is 0.0191. The van der Waals surface area contributed by atoms with Gasteiger partial charge in [0.25, 0.3) is 0 Å². The van der Waals surface area contributed by atoms with Gasteiger partial charge in [0.2, 0.25) is 5.91 Å². The van der Waals surface area contributed by atoms with E-state index in [0.717, 1.165) is 6.42 Å². The molecule has 1 rings (SSSR count). The van der Waals surface area contributed by atoms with Crippen LogP contribution in [-0.2, 0) is 4.79 Å². The highest BCUT2D eigenvalue weighted by Crippen LogP contribution is 2.28. The van der Waals surface area contributed by atoms with Gasteiger partial charge in [-0.05, 0) is 18.6 Å². The quantitative estimate of drug-likeness (QED) is 0.725. The highest BCUT2D eigenvalue weighted by Gasteiger charge is 2.13. The number of nitrogens with two attached hydrogens (primary N) is 1. The van der Waals surface area contributed by atoms with Crippen molar-refractivity contribution in [2.45, 2.75) is 25.8 Å². The summed E-state index contributed by atoms with van der Waals surface area (Å²) in [5, 5.41) is 12.2. The van der Waals surface area contributed by atoms with Gasteiger partial charge in [-0.3, -0.25) is 4.79 Å². The topological polar surface area (TPSA) is 84.6 Å². The van der Waals surface area contributed by atoms with E-state index in [0.29, 0.717) is 17.9 Å². The lowest BCUT2D eigenvalue weighted by Gasteiger charge is -2.12. The molecule has 1 amide bonds. The number of carbonyl (C=O) groups is 1. The predicted octanol–water partition coefficient (Wildman–Crippen LogP) is 1.47. The average Bonchev–Trinajstić information content (AvgIpc) is 2.29. The van der Waals surface area contributed by atoms with E-state index in [1.165, 1.54) is 13.2 Å². The minimum Gasteiger partial charge on any atom is -0.504 e. The van der Waals surface area contributed by atoms with Crippen LogP contribution in [0.4, 0.5) is 5.69 Å². The van der Waals surface area contributed by atoms with Crippen molar-refractivity contribution >= 4 is 11.6 Å². The monoisotopic (exact) mass is 238 g/mol. The summed E-state index contributed by atoms with van der Waals surface area (Å²) in [4.78, 5) is 11.6. The number of ether oxygens (including phenoxy) is 1. The number of benzene rings is 1. The van der Waals surface area contributed by atoms with Crippen LogP contribution < -0.4 is 15.8 Å². The molecule has 1 atom stereocenters. The number of hydrogen-bond acceptors (Lipinski definition) is 4. The Bertz CT molecular complexity index is 393. The molecule has 0 aliphatic heterocycles. The van der Waals surface area contributed by atoms with Crippen LogP contribution in [0.25, 0.3) is 0 Å². The second kappa shape index (κ2) is 6.10. The van der Waals surface area contributed by atoms with Crippen molar-refractivity contribution < 1.29 is 14.6 Å². The summed E-state index contributed by atoms with van der Waals surface area (Å²) in [6, 6.07) is 4.13. The molecule has 0 heterocycles. The van der Waals surface area contributed by atoms with Crippen molar-refractivity contribution in [2.24, 2.45) is 5.73 Å². The van der Waals surface area contributed by atoms with Crippen molar-refractivity contribution in [1.82, 2.24) is 0 Å². The fourth-order valence-corrected chi connectivity index (χ4v) is 1.44. The smallest absolute Gasteiger partial charge is 0.241 e. The molecule has 1 aromatic rings. The Morgan fingerprint density at radius 1 is 1.59 bits per heavy atom. The number of rotatable bonds is 5. The van der Waals surface area contributed by atoms with E-state index in [2.05, 4.69) is 5.32 Å². The molecule has 94 valence electrons. The first kappa shape index (κ1) is 13.3. The summed E-state index contributed by atoms with van der Waals surface area (Å²) >= 11 is 0. The second-order valence-corrected chi connectivity index (χ2v) is 3.77. The lowest BCUT2D eigenvalue weighted by atomic mass is 10.1. The molecule has 0 fully saturated rings. The second-order valence-electron chi connectivity index (χ2n) is 3.77. The highest BCUT2D eigenvalue weighted by atomic mass is 16.5. The third-order valence-corrected chi connectivity index (χ3v) is 2.38. The summed E-state index contributed by atoms with van der Waals surface area (Å²) < 4.78 is 4.90. The first-order chi connectivity index (χ1) is 8.08. The van der Waals surface area contributed by atoms with Gasteiger partial charge in [-0.2, -0.15) is 0 Å². The first-order valence-electron chi connectivity index (χ1n) is 5.52. The number of carbonyl (C=O) groups excluding carboxylic acids is 1. The van der Waals surface area contributed by atoms with Gasteiger partial charge in [0.1, 0.15) is 0 Å². The lowest BCUT2D eigenvalue weighted by molar-refractivity contribution is -0.117. The Morgan fingerprint density at radius 2 is 2.29 bits per heavy atom. The maximum Gasteiger partial charge on any atom is 0.241 e. The van der Waals surface area contributed by atoms with E-state index in [-0.39, 0.29) is 11.7 Å². The van der Waals surface area contributed by atoms with Crippen LogP contribution in [0.3, 0.4) is 0 Å². The molecule has 0 aromatic heterocycles. The molecule has 0 radical (unpaired) electrons. The van der Waals surface area contributed by atoms with Crippen LogP contribution in [0, 0.1) is 0 Å². The molecule has 5 heteroatoms. The Morgan fingerprint density at radius 3 is 2.82 bits per heavy atom. The number of phenols is 1. The van der Waals surface area contributed by atoms with Gasteiger partial charge >= 0.3 is 0 Å². The summed E-state index contributed by atoms with van der Waals surface area (Å²) in [6.07, 6.45) is 1.48. The minimum atomic E-state index is -0.524. The van der Waals surface area contributed by atoms with E-state index in [9.17, 15) is 9.90 Å². The molecule has 1 aromatic carbocycles. The molecule has 0 spiro atoms. The van der Waals surface area contributed by atoms with Gasteiger partial charge in [-0.1, -0.05) is 13.3 Å². The molecule has 0 aliphatic rings. The molecular weight excluding hydrogens is 220 g/mol. The van der Waals surface area contributed by atoms with Crippen molar-refractivity contribution in [3.05, 3.63) is 18.2 Å². The zero-order chi connectivity index (χ0) is 12.8. The van der Waals surface area contributed by atoms with Crippen LogP contribution in [-0.4, -0.2) is 24.2 Å². The maximum atomic E-state index is 11.6. The third-order valence-electron chi connectivity index (χ3n) is 2.38. The predicted molar refractivity (Wildman–Crippen MR) is 66.2 cm³/mol. The molecule has 4 N–H and O–H groups in total. The SMILES string of the molecule is CCCC(N)C(=O)Nc1ccc(OC)c(O)c1. The molecule has 5 nitrogen and oxygen atoms in total. The lowest BCUT2D eigenvalue weighted by Crippen LogP contribution is -2.35. The van der Waals surface area contributed by atoms with Crippen molar-refractivity contribution in [2.75, 3.05) is 12.4 Å². The molecule has 0 bridgehead atoms.